The van der Waals surface area contributed by atoms with E-state index in [1.165, 1.54) is 11.1 Å². The fraction of sp³-hybridized carbons (Fsp3) is 0.409. The number of hydrogen-bond acceptors (Lipinski definition) is 4. The lowest BCUT2D eigenvalue weighted by molar-refractivity contribution is -0.117. The van der Waals surface area contributed by atoms with Crippen molar-refractivity contribution >= 4 is 11.6 Å². The number of carbonyl (C=O) groups excluding carboxylic acids is 1. The first-order chi connectivity index (χ1) is 13.0. The van der Waals surface area contributed by atoms with Gasteiger partial charge in [0.2, 0.25) is 5.91 Å². The van der Waals surface area contributed by atoms with Gasteiger partial charge in [-0.15, -0.1) is 0 Å². The Hall–Kier alpha value is -2.37. The lowest BCUT2D eigenvalue weighted by Crippen LogP contribution is -2.48. The minimum Gasteiger partial charge on any atom is -0.495 e. The minimum absolute atomic E-state index is 0.00559. The smallest absolute Gasteiger partial charge is 0.238 e. The Labute approximate surface area is 161 Å². The molecule has 0 radical (unpaired) electrons. The third-order valence-corrected chi connectivity index (χ3v) is 4.95. The topological polar surface area (TPSA) is 44.8 Å². The summed E-state index contributed by atoms with van der Waals surface area (Å²) in [7, 11) is 1.62. The number of nitrogens with zero attached hydrogens (tertiary/aromatic N) is 2. The van der Waals surface area contributed by atoms with Crippen LogP contribution in [0.1, 0.15) is 16.7 Å². The quantitative estimate of drug-likeness (QED) is 0.852. The van der Waals surface area contributed by atoms with Crippen LogP contribution in [0.2, 0.25) is 0 Å². The first-order valence-electron chi connectivity index (χ1n) is 9.48. The van der Waals surface area contributed by atoms with E-state index in [4.69, 9.17) is 4.74 Å². The van der Waals surface area contributed by atoms with E-state index in [9.17, 15) is 4.79 Å². The Morgan fingerprint density at radius 2 is 1.70 bits per heavy atom. The Balaban J connectivity index is 1.47. The third kappa shape index (κ3) is 5.55. The van der Waals surface area contributed by atoms with Gasteiger partial charge in [0, 0.05) is 32.7 Å². The second-order valence-corrected chi connectivity index (χ2v) is 7.29. The molecule has 0 saturated carbocycles. The van der Waals surface area contributed by atoms with Crippen LogP contribution in [-0.2, 0) is 11.3 Å². The molecule has 5 heteroatoms. The summed E-state index contributed by atoms with van der Waals surface area (Å²) in [6.45, 7) is 9.29. The van der Waals surface area contributed by atoms with Crippen molar-refractivity contribution in [2.45, 2.75) is 20.4 Å². The third-order valence-electron chi connectivity index (χ3n) is 4.95. The highest BCUT2D eigenvalue weighted by atomic mass is 16.5. The van der Waals surface area contributed by atoms with E-state index in [0.29, 0.717) is 12.3 Å². The number of aryl methyl sites for hydroxylation is 2. The highest BCUT2D eigenvalue weighted by molar-refractivity contribution is 5.93. The van der Waals surface area contributed by atoms with Crippen molar-refractivity contribution in [3.8, 4) is 5.75 Å². The summed E-state index contributed by atoms with van der Waals surface area (Å²) in [5, 5.41) is 2.99. The largest absolute Gasteiger partial charge is 0.495 e. The maximum atomic E-state index is 12.4. The number of piperazine rings is 1. The highest BCUT2D eigenvalue weighted by Crippen LogP contribution is 2.25. The second-order valence-electron chi connectivity index (χ2n) is 7.29. The number of nitrogens with one attached hydrogen (secondary N) is 1. The molecule has 0 aromatic heterocycles. The van der Waals surface area contributed by atoms with Crippen molar-refractivity contribution in [3.05, 3.63) is 59.2 Å². The number of anilines is 1. The van der Waals surface area contributed by atoms with E-state index < -0.39 is 0 Å². The lowest BCUT2D eigenvalue weighted by Gasteiger charge is -2.34. The van der Waals surface area contributed by atoms with Crippen LogP contribution in [-0.4, -0.2) is 55.5 Å². The number of benzene rings is 2. The molecule has 0 unspecified atom stereocenters. The van der Waals surface area contributed by atoms with Crippen molar-refractivity contribution in [3.63, 3.8) is 0 Å². The van der Waals surface area contributed by atoms with Crippen molar-refractivity contribution < 1.29 is 9.53 Å². The molecule has 1 N–H and O–H groups in total. The van der Waals surface area contributed by atoms with Crippen LogP contribution in [0.3, 0.4) is 0 Å². The molecule has 1 saturated heterocycles. The predicted octanol–water partition coefficient (Wildman–Crippen LogP) is 3.07. The van der Waals surface area contributed by atoms with Crippen LogP contribution in [0, 0.1) is 13.8 Å². The summed E-state index contributed by atoms with van der Waals surface area (Å²) in [6, 6.07) is 14.5. The molecular weight excluding hydrogens is 338 g/mol. The molecule has 1 aliphatic heterocycles. The average molecular weight is 367 g/mol. The van der Waals surface area contributed by atoms with Crippen LogP contribution in [0.5, 0.6) is 5.75 Å². The van der Waals surface area contributed by atoms with Gasteiger partial charge in [-0.25, -0.2) is 0 Å². The van der Waals surface area contributed by atoms with Crippen LogP contribution >= 0.6 is 0 Å². The molecule has 1 fully saturated rings. The van der Waals surface area contributed by atoms with Gasteiger partial charge >= 0.3 is 0 Å². The van der Waals surface area contributed by atoms with Gasteiger partial charge in [-0.1, -0.05) is 35.9 Å². The number of hydrogen-bond donors (Lipinski definition) is 1. The number of ether oxygens (including phenoxy) is 1. The van der Waals surface area contributed by atoms with Gasteiger partial charge in [-0.3, -0.25) is 14.6 Å². The Morgan fingerprint density at radius 1 is 1.00 bits per heavy atom. The molecule has 0 atom stereocenters. The van der Waals surface area contributed by atoms with Gasteiger partial charge in [0.15, 0.2) is 0 Å². The van der Waals surface area contributed by atoms with Gasteiger partial charge < -0.3 is 10.1 Å². The lowest BCUT2D eigenvalue weighted by atomic mass is 10.1. The standard InChI is InChI=1S/C22H29N3O2/c1-17-5-4-6-19(13-17)15-24-9-11-25(12-10-24)16-22(26)23-20-14-18(2)7-8-21(20)27-3/h4-8,13-14H,9-12,15-16H2,1-3H3,(H,23,26). The van der Waals surface area contributed by atoms with Crippen molar-refractivity contribution in [2.75, 3.05) is 45.2 Å². The molecule has 0 spiro atoms. The maximum absolute atomic E-state index is 12.4. The average Bonchev–Trinajstić information content (AvgIpc) is 2.63. The number of carbonyl (C=O) groups is 1. The summed E-state index contributed by atoms with van der Waals surface area (Å²) in [6.07, 6.45) is 0. The SMILES string of the molecule is COc1ccc(C)cc1NC(=O)CN1CCN(Cc2cccc(C)c2)CC1. The van der Waals surface area contributed by atoms with Crippen LogP contribution in [0.25, 0.3) is 0 Å². The highest BCUT2D eigenvalue weighted by Gasteiger charge is 2.19. The van der Waals surface area contributed by atoms with Crippen molar-refractivity contribution in [1.82, 2.24) is 9.80 Å². The fourth-order valence-electron chi connectivity index (χ4n) is 3.49. The summed E-state index contributed by atoms with van der Waals surface area (Å²) >= 11 is 0. The Kier molecular flexibility index (Phi) is 6.48. The predicted molar refractivity (Wildman–Crippen MR) is 109 cm³/mol. The summed E-state index contributed by atoms with van der Waals surface area (Å²) in [4.78, 5) is 17.1. The monoisotopic (exact) mass is 367 g/mol. The summed E-state index contributed by atoms with van der Waals surface area (Å²) < 4.78 is 5.34. The van der Waals surface area contributed by atoms with Crippen LogP contribution < -0.4 is 10.1 Å². The van der Waals surface area contributed by atoms with Crippen LogP contribution in [0.4, 0.5) is 5.69 Å². The van der Waals surface area contributed by atoms with Gasteiger partial charge in [0.05, 0.1) is 19.3 Å². The second kappa shape index (κ2) is 9.02. The number of rotatable bonds is 6. The van der Waals surface area contributed by atoms with Crippen molar-refractivity contribution in [2.24, 2.45) is 0 Å². The van der Waals surface area contributed by atoms with Gasteiger partial charge in [0.25, 0.3) is 0 Å². The van der Waals surface area contributed by atoms with Crippen molar-refractivity contribution in [1.29, 1.82) is 0 Å². The number of amides is 1. The van der Waals surface area contributed by atoms with E-state index in [2.05, 4.69) is 46.3 Å². The van der Waals surface area contributed by atoms with E-state index in [0.717, 1.165) is 44.0 Å². The molecule has 144 valence electrons. The van der Waals surface area contributed by atoms with E-state index in [1.807, 2.05) is 25.1 Å². The molecule has 27 heavy (non-hydrogen) atoms. The van der Waals surface area contributed by atoms with Gasteiger partial charge in [0.1, 0.15) is 5.75 Å². The Morgan fingerprint density at radius 3 is 2.41 bits per heavy atom. The van der Waals surface area contributed by atoms with E-state index in [-0.39, 0.29) is 5.91 Å². The molecule has 0 bridgehead atoms. The first-order valence-corrected chi connectivity index (χ1v) is 9.48. The summed E-state index contributed by atoms with van der Waals surface area (Å²) in [5.41, 5.74) is 4.48. The molecule has 2 aromatic rings. The van der Waals surface area contributed by atoms with Gasteiger partial charge in [-0.05, 0) is 37.1 Å². The van der Waals surface area contributed by atoms with E-state index in [1.54, 1.807) is 7.11 Å². The Bertz CT molecular complexity index is 783. The maximum Gasteiger partial charge on any atom is 0.238 e. The van der Waals surface area contributed by atoms with Gasteiger partial charge in [-0.2, -0.15) is 0 Å². The summed E-state index contributed by atoms with van der Waals surface area (Å²) in [5.74, 6) is 0.697. The molecule has 5 nitrogen and oxygen atoms in total. The molecule has 1 heterocycles. The number of methoxy groups -OCH3 is 1. The fourth-order valence-corrected chi connectivity index (χ4v) is 3.49. The zero-order valence-electron chi connectivity index (χ0n) is 16.5. The van der Waals surface area contributed by atoms with E-state index >= 15 is 0 Å². The molecule has 0 aliphatic carbocycles. The molecule has 2 aromatic carbocycles. The van der Waals surface area contributed by atoms with Crippen LogP contribution in [0.15, 0.2) is 42.5 Å². The zero-order chi connectivity index (χ0) is 19.2. The first kappa shape index (κ1) is 19.4. The zero-order valence-corrected chi connectivity index (χ0v) is 16.5. The normalized spacial score (nSPS) is 15.5. The molecule has 3 rings (SSSR count). The molecule has 1 amide bonds. The molecular formula is C22H29N3O2. The molecule has 1 aliphatic rings. The minimum atomic E-state index is 0.00559.